The Hall–Kier alpha value is -3.47. The molecule has 3 aromatic rings. The molecule has 0 saturated heterocycles. The van der Waals surface area contributed by atoms with Gasteiger partial charge in [-0.2, -0.15) is 0 Å². The lowest BCUT2D eigenvalue weighted by molar-refractivity contribution is 0.0977. The third-order valence-electron chi connectivity index (χ3n) is 3.45. The Labute approximate surface area is 146 Å². The number of rotatable bonds is 4. The Kier molecular flexibility index (Phi) is 5.51. The number of nitrogens with zero attached hydrogens (tertiary/aromatic N) is 2. The van der Waals surface area contributed by atoms with Gasteiger partial charge in [0.15, 0.2) is 0 Å². The largest absolute Gasteiger partial charge is 0.326 e. The van der Waals surface area contributed by atoms with Crippen molar-refractivity contribution in [3.8, 4) is 0 Å². The van der Waals surface area contributed by atoms with Gasteiger partial charge in [-0.3, -0.25) is 15.1 Å². The van der Waals surface area contributed by atoms with Crippen LogP contribution in [0, 0.1) is 0 Å². The minimum absolute atomic E-state index is 0.214. The topological polar surface area (TPSA) is 66.4 Å². The van der Waals surface area contributed by atoms with Crippen LogP contribution in [0.4, 0.5) is 5.69 Å². The molecule has 0 aliphatic rings. The lowest BCUT2D eigenvalue weighted by Crippen LogP contribution is -2.36. The van der Waals surface area contributed by atoms with E-state index in [2.05, 4.69) is 20.6 Å². The van der Waals surface area contributed by atoms with Gasteiger partial charge < -0.3 is 5.32 Å². The quantitative estimate of drug-likeness (QED) is 0.568. The Bertz CT molecular complexity index is 833. The number of hydrogen-bond acceptors (Lipinski definition) is 3. The van der Waals surface area contributed by atoms with Crippen LogP contribution in [0.5, 0.6) is 0 Å². The SMILES string of the molecule is O=C(NC(=NCc1cccnc1)Nc1ccccc1)c1ccccc1. The number of aliphatic imine (C=N–C) groups is 1. The zero-order chi connectivity index (χ0) is 17.3. The van der Waals surface area contributed by atoms with Crippen LogP contribution in [0.2, 0.25) is 0 Å². The number of para-hydroxylation sites is 1. The highest BCUT2D eigenvalue weighted by atomic mass is 16.1. The van der Waals surface area contributed by atoms with E-state index in [9.17, 15) is 4.79 Å². The third-order valence-corrected chi connectivity index (χ3v) is 3.45. The molecule has 1 amide bonds. The van der Waals surface area contributed by atoms with Crippen LogP contribution in [0.1, 0.15) is 15.9 Å². The summed E-state index contributed by atoms with van der Waals surface area (Å²) in [6.45, 7) is 0.415. The van der Waals surface area contributed by atoms with Crippen molar-refractivity contribution in [1.29, 1.82) is 0 Å². The van der Waals surface area contributed by atoms with E-state index in [1.807, 2.05) is 60.7 Å². The molecule has 3 rings (SSSR count). The first kappa shape index (κ1) is 16.4. The molecule has 25 heavy (non-hydrogen) atoms. The molecule has 0 spiro atoms. The summed E-state index contributed by atoms with van der Waals surface area (Å²) in [6.07, 6.45) is 3.47. The van der Waals surface area contributed by atoms with Gasteiger partial charge in [0.1, 0.15) is 0 Å². The van der Waals surface area contributed by atoms with Crippen molar-refractivity contribution in [3.63, 3.8) is 0 Å². The van der Waals surface area contributed by atoms with Gasteiger partial charge in [-0.1, -0.05) is 42.5 Å². The van der Waals surface area contributed by atoms with Crippen molar-refractivity contribution in [1.82, 2.24) is 10.3 Å². The van der Waals surface area contributed by atoms with Crippen LogP contribution < -0.4 is 10.6 Å². The lowest BCUT2D eigenvalue weighted by Gasteiger charge is -2.12. The number of anilines is 1. The number of carbonyl (C=O) groups excluding carboxylic acids is 1. The van der Waals surface area contributed by atoms with E-state index in [4.69, 9.17) is 0 Å². The Morgan fingerprint density at radius 3 is 2.32 bits per heavy atom. The van der Waals surface area contributed by atoms with Gasteiger partial charge in [0.25, 0.3) is 5.91 Å². The first-order chi connectivity index (χ1) is 12.3. The maximum atomic E-state index is 12.4. The van der Waals surface area contributed by atoms with Crippen LogP contribution in [0.25, 0.3) is 0 Å². The van der Waals surface area contributed by atoms with Crippen molar-refractivity contribution >= 4 is 17.6 Å². The van der Waals surface area contributed by atoms with Crippen molar-refractivity contribution in [2.45, 2.75) is 6.54 Å². The first-order valence-electron chi connectivity index (χ1n) is 7.93. The number of guanidine groups is 1. The summed E-state index contributed by atoms with van der Waals surface area (Å²) in [6, 6.07) is 22.4. The van der Waals surface area contributed by atoms with E-state index in [0.29, 0.717) is 18.1 Å². The van der Waals surface area contributed by atoms with Crippen molar-refractivity contribution < 1.29 is 4.79 Å². The molecule has 5 heteroatoms. The summed E-state index contributed by atoms with van der Waals surface area (Å²) >= 11 is 0. The average Bonchev–Trinajstić information content (AvgIpc) is 2.68. The van der Waals surface area contributed by atoms with Gasteiger partial charge in [-0.15, -0.1) is 0 Å². The van der Waals surface area contributed by atoms with Crippen LogP contribution >= 0.6 is 0 Å². The molecule has 0 aliphatic heterocycles. The maximum absolute atomic E-state index is 12.4. The molecule has 0 atom stereocenters. The number of benzene rings is 2. The summed E-state index contributed by atoms with van der Waals surface area (Å²) < 4.78 is 0. The number of amides is 1. The minimum Gasteiger partial charge on any atom is -0.326 e. The summed E-state index contributed by atoms with van der Waals surface area (Å²) in [7, 11) is 0. The monoisotopic (exact) mass is 330 g/mol. The molecule has 2 aromatic carbocycles. The van der Waals surface area contributed by atoms with E-state index in [1.165, 1.54) is 0 Å². The molecular formula is C20H18N4O. The molecule has 0 radical (unpaired) electrons. The predicted molar refractivity (Wildman–Crippen MR) is 99.3 cm³/mol. The fourth-order valence-electron chi connectivity index (χ4n) is 2.20. The molecule has 0 unspecified atom stereocenters. The highest BCUT2D eigenvalue weighted by Gasteiger charge is 2.08. The van der Waals surface area contributed by atoms with Crippen LogP contribution in [0.15, 0.2) is 90.2 Å². The number of carbonyl (C=O) groups is 1. The van der Waals surface area contributed by atoms with Gasteiger partial charge in [0.05, 0.1) is 6.54 Å². The lowest BCUT2D eigenvalue weighted by atomic mass is 10.2. The van der Waals surface area contributed by atoms with E-state index in [-0.39, 0.29) is 5.91 Å². The molecule has 1 heterocycles. The zero-order valence-electron chi connectivity index (χ0n) is 13.6. The molecule has 5 nitrogen and oxygen atoms in total. The molecule has 0 saturated carbocycles. The smallest absolute Gasteiger partial charge is 0.257 e. The third kappa shape index (κ3) is 5.00. The second-order valence-electron chi connectivity index (χ2n) is 5.34. The predicted octanol–water partition coefficient (Wildman–Crippen LogP) is 3.48. The van der Waals surface area contributed by atoms with E-state index >= 15 is 0 Å². The number of aromatic nitrogens is 1. The summed E-state index contributed by atoms with van der Waals surface area (Å²) in [5.74, 6) is 0.179. The number of hydrogen-bond donors (Lipinski definition) is 2. The molecule has 2 N–H and O–H groups in total. The highest BCUT2D eigenvalue weighted by molar-refractivity contribution is 6.09. The molecule has 0 aliphatic carbocycles. The van der Waals surface area contributed by atoms with Crippen LogP contribution in [0.3, 0.4) is 0 Å². The Morgan fingerprint density at radius 1 is 0.920 bits per heavy atom. The van der Waals surface area contributed by atoms with Crippen molar-refractivity contribution in [2.24, 2.45) is 4.99 Å². The normalized spacial score (nSPS) is 11.0. The van der Waals surface area contributed by atoms with E-state index in [1.54, 1.807) is 24.5 Å². The standard InChI is InChI=1S/C20H18N4O/c25-19(17-9-3-1-4-10-17)24-20(23-18-11-5-2-6-12-18)22-15-16-8-7-13-21-14-16/h1-14H,15H2,(H2,22,23,24,25). The van der Waals surface area contributed by atoms with Crippen LogP contribution in [-0.2, 0) is 6.54 Å². The first-order valence-corrected chi connectivity index (χ1v) is 7.93. The van der Waals surface area contributed by atoms with E-state index in [0.717, 1.165) is 11.3 Å². The second kappa shape index (κ2) is 8.40. The van der Waals surface area contributed by atoms with Gasteiger partial charge in [-0.05, 0) is 35.9 Å². The van der Waals surface area contributed by atoms with Crippen molar-refractivity contribution in [3.05, 3.63) is 96.3 Å². The fourth-order valence-corrected chi connectivity index (χ4v) is 2.20. The van der Waals surface area contributed by atoms with Crippen LogP contribution in [-0.4, -0.2) is 16.9 Å². The zero-order valence-corrected chi connectivity index (χ0v) is 13.6. The molecule has 0 bridgehead atoms. The molecule has 1 aromatic heterocycles. The number of pyridine rings is 1. The van der Waals surface area contributed by atoms with Gasteiger partial charge >= 0.3 is 0 Å². The summed E-state index contributed by atoms with van der Waals surface area (Å²) in [5, 5.41) is 5.98. The minimum atomic E-state index is -0.214. The van der Waals surface area contributed by atoms with Crippen molar-refractivity contribution in [2.75, 3.05) is 5.32 Å². The maximum Gasteiger partial charge on any atom is 0.257 e. The van der Waals surface area contributed by atoms with Gasteiger partial charge in [0, 0.05) is 23.6 Å². The Balaban J connectivity index is 1.77. The second-order valence-corrected chi connectivity index (χ2v) is 5.34. The van der Waals surface area contributed by atoms with Gasteiger partial charge in [-0.25, -0.2) is 4.99 Å². The van der Waals surface area contributed by atoms with E-state index < -0.39 is 0 Å². The summed E-state index contributed by atoms with van der Waals surface area (Å²) in [5.41, 5.74) is 2.39. The average molecular weight is 330 g/mol. The molecular weight excluding hydrogens is 312 g/mol. The van der Waals surface area contributed by atoms with Gasteiger partial charge in [0.2, 0.25) is 5.96 Å². The fraction of sp³-hybridized carbons (Fsp3) is 0.0500. The highest BCUT2D eigenvalue weighted by Crippen LogP contribution is 2.06. The Morgan fingerprint density at radius 2 is 1.64 bits per heavy atom. The molecule has 124 valence electrons. The molecule has 0 fully saturated rings. The summed E-state index contributed by atoms with van der Waals surface area (Å²) in [4.78, 5) is 21.0. The number of nitrogens with one attached hydrogen (secondary N) is 2.